The fourth-order valence-corrected chi connectivity index (χ4v) is 3.52. The zero-order valence-corrected chi connectivity index (χ0v) is 15.0. The Kier molecular flexibility index (Phi) is 7.24. The first-order valence-corrected chi connectivity index (χ1v) is 8.94. The highest BCUT2D eigenvalue weighted by atomic mass is 32.2. The molecule has 8 heteroatoms. The quantitative estimate of drug-likeness (QED) is 0.738. The Hall–Kier alpha value is -1.38. The molecule has 0 aromatic heterocycles. The van der Waals surface area contributed by atoms with E-state index in [4.69, 9.17) is 9.47 Å². The Morgan fingerprint density at radius 1 is 1.17 bits per heavy atom. The zero-order chi connectivity index (χ0) is 17.6. The summed E-state index contributed by atoms with van der Waals surface area (Å²) >= 11 is 0. The first-order chi connectivity index (χ1) is 10.8. The molecule has 1 rings (SSSR count). The van der Waals surface area contributed by atoms with Crippen molar-refractivity contribution in [2.75, 3.05) is 33.9 Å². The van der Waals surface area contributed by atoms with E-state index < -0.39 is 20.7 Å². The second kappa shape index (κ2) is 8.47. The third kappa shape index (κ3) is 4.79. The number of benzene rings is 1. The lowest BCUT2D eigenvalue weighted by atomic mass is 10.3. The number of likely N-dealkylation sites (N-methyl/N-ethyl adjacent to an activating group) is 1. The molecular weight excluding hydrogens is 323 g/mol. The molecule has 0 saturated heterocycles. The average molecular weight is 348 g/mol. The number of methoxy groups -OCH3 is 2. The molecule has 0 bridgehead atoms. The largest absolute Gasteiger partial charge is 0.493 e. The smallest absolute Gasteiger partial charge is 0.243 e. The molecule has 0 aliphatic heterocycles. The Morgan fingerprint density at radius 3 is 2.17 bits per heavy atom. The Morgan fingerprint density at radius 2 is 1.70 bits per heavy atom. The molecule has 6 nitrogen and oxygen atoms in total. The van der Waals surface area contributed by atoms with E-state index in [0.717, 1.165) is 25.2 Å². The normalized spacial score (nSPS) is 13.2. The maximum absolute atomic E-state index is 14.1. The van der Waals surface area contributed by atoms with Gasteiger partial charge in [0.2, 0.25) is 10.0 Å². The highest BCUT2D eigenvalue weighted by Crippen LogP contribution is 2.31. The van der Waals surface area contributed by atoms with Gasteiger partial charge < -0.3 is 9.47 Å². The summed E-state index contributed by atoms with van der Waals surface area (Å²) < 4.78 is 51.3. The third-order valence-corrected chi connectivity index (χ3v) is 5.17. The molecule has 0 saturated carbocycles. The van der Waals surface area contributed by atoms with Crippen LogP contribution in [-0.2, 0) is 10.0 Å². The van der Waals surface area contributed by atoms with Gasteiger partial charge in [-0.1, -0.05) is 13.8 Å². The van der Waals surface area contributed by atoms with Gasteiger partial charge in [-0.15, -0.1) is 0 Å². The van der Waals surface area contributed by atoms with Crippen molar-refractivity contribution in [1.82, 2.24) is 9.62 Å². The van der Waals surface area contributed by atoms with Crippen LogP contribution in [-0.4, -0.2) is 53.2 Å². The van der Waals surface area contributed by atoms with E-state index in [1.54, 1.807) is 0 Å². The van der Waals surface area contributed by atoms with Gasteiger partial charge in [-0.05, 0) is 20.0 Å². The van der Waals surface area contributed by atoms with Gasteiger partial charge in [0.05, 0.1) is 14.2 Å². The molecule has 23 heavy (non-hydrogen) atoms. The number of hydrogen-bond donors (Lipinski definition) is 1. The van der Waals surface area contributed by atoms with Crippen LogP contribution in [0.2, 0.25) is 0 Å². The number of nitrogens with zero attached hydrogens (tertiary/aromatic N) is 1. The topological polar surface area (TPSA) is 67.9 Å². The predicted octanol–water partition coefficient (Wildman–Crippen LogP) is 1.85. The molecule has 0 amide bonds. The summed E-state index contributed by atoms with van der Waals surface area (Å²) in [4.78, 5) is 1.65. The molecule has 0 heterocycles. The van der Waals surface area contributed by atoms with Crippen LogP contribution in [0, 0.1) is 5.82 Å². The second-order valence-corrected chi connectivity index (χ2v) is 6.80. The molecule has 132 valence electrons. The number of rotatable bonds is 9. The Balaban J connectivity index is 3.00. The average Bonchev–Trinajstić information content (AvgIpc) is 2.53. The number of nitrogens with one attached hydrogen (secondary N) is 1. The standard InChI is InChI=1S/C15H25FN2O4S/c1-6-18(7-2)11(3)10-17-23(19,20)15-9-14(22-5)13(21-4)8-12(15)16/h8-9,11,17H,6-7,10H2,1-5H3/t11-/m1/s1. The van der Waals surface area contributed by atoms with Gasteiger partial charge in [-0.25, -0.2) is 17.5 Å². The number of halogens is 1. The number of hydrogen-bond acceptors (Lipinski definition) is 5. The fourth-order valence-electron chi connectivity index (χ4n) is 2.33. The van der Waals surface area contributed by atoms with Crippen molar-refractivity contribution in [1.29, 1.82) is 0 Å². The van der Waals surface area contributed by atoms with E-state index >= 15 is 0 Å². The summed E-state index contributed by atoms with van der Waals surface area (Å²) in [6, 6.07) is 2.13. The van der Waals surface area contributed by atoms with E-state index in [9.17, 15) is 12.8 Å². The van der Waals surface area contributed by atoms with Crippen LogP contribution in [0.15, 0.2) is 17.0 Å². The van der Waals surface area contributed by atoms with Gasteiger partial charge in [0.15, 0.2) is 11.5 Å². The van der Waals surface area contributed by atoms with Crippen LogP contribution >= 0.6 is 0 Å². The highest BCUT2D eigenvalue weighted by molar-refractivity contribution is 7.89. The van der Waals surface area contributed by atoms with Crippen molar-refractivity contribution in [3.05, 3.63) is 17.9 Å². The second-order valence-electron chi connectivity index (χ2n) is 5.06. The lowest BCUT2D eigenvalue weighted by Gasteiger charge is -2.26. The van der Waals surface area contributed by atoms with Crippen LogP contribution < -0.4 is 14.2 Å². The molecule has 0 radical (unpaired) electrons. The molecule has 1 aromatic rings. The minimum Gasteiger partial charge on any atom is -0.493 e. The van der Waals surface area contributed by atoms with Crippen molar-refractivity contribution < 1.29 is 22.3 Å². The molecule has 0 unspecified atom stereocenters. The maximum atomic E-state index is 14.1. The van der Waals surface area contributed by atoms with Gasteiger partial charge in [-0.2, -0.15) is 0 Å². The first-order valence-electron chi connectivity index (χ1n) is 7.45. The summed E-state index contributed by atoms with van der Waals surface area (Å²) in [7, 11) is -1.26. The summed E-state index contributed by atoms with van der Waals surface area (Å²) in [5.41, 5.74) is 0. The number of ether oxygens (including phenoxy) is 2. The lowest BCUT2D eigenvalue weighted by molar-refractivity contribution is 0.232. The van der Waals surface area contributed by atoms with Crippen LogP contribution in [0.1, 0.15) is 20.8 Å². The summed E-state index contributed by atoms with van der Waals surface area (Å²) in [5, 5.41) is 0. The van der Waals surface area contributed by atoms with Crippen molar-refractivity contribution in [3.63, 3.8) is 0 Å². The Labute approximate surface area is 137 Å². The van der Waals surface area contributed by atoms with E-state index in [1.165, 1.54) is 14.2 Å². The maximum Gasteiger partial charge on any atom is 0.243 e. The van der Waals surface area contributed by atoms with Gasteiger partial charge in [0.25, 0.3) is 0 Å². The van der Waals surface area contributed by atoms with Gasteiger partial charge >= 0.3 is 0 Å². The van der Waals surface area contributed by atoms with Gasteiger partial charge in [-0.3, -0.25) is 4.90 Å². The number of sulfonamides is 1. The van der Waals surface area contributed by atoms with Crippen LogP contribution in [0.5, 0.6) is 11.5 Å². The molecule has 0 fully saturated rings. The van der Waals surface area contributed by atoms with Gasteiger partial charge in [0, 0.05) is 24.7 Å². The first kappa shape index (κ1) is 19.7. The molecular formula is C15H25FN2O4S. The van der Waals surface area contributed by atoms with Crippen molar-refractivity contribution in [2.45, 2.75) is 31.7 Å². The molecule has 1 N–H and O–H groups in total. The predicted molar refractivity (Wildman–Crippen MR) is 87.1 cm³/mol. The van der Waals surface area contributed by atoms with Crippen molar-refractivity contribution >= 4 is 10.0 Å². The van der Waals surface area contributed by atoms with Crippen molar-refractivity contribution in [3.8, 4) is 11.5 Å². The van der Waals surface area contributed by atoms with Gasteiger partial charge in [0.1, 0.15) is 10.7 Å². The minimum absolute atomic E-state index is 0.00276. The molecule has 0 spiro atoms. The molecule has 1 aromatic carbocycles. The van der Waals surface area contributed by atoms with Crippen molar-refractivity contribution in [2.24, 2.45) is 0 Å². The van der Waals surface area contributed by atoms with E-state index in [1.807, 2.05) is 20.8 Å². The highest BCUT2D eigenvalue weighted by Gasteiger charge is 2.23. The van der Waals surface area contributed by atoms with Crippen LogP contribution in [0.3, 0.4) is 0 Å². The summed E-state index contributed by atoms with van der Waals surface area (Å²) in [6.07, 6.45) is 0. The van der Waals surface area contributed by atoms with Crippen LogP contribution in [0.4, 0.5) is 4.39 Å². The monoisotopic (exact) mass is 348 g/mol. The summed E-state index contributed by atoms with van der Waals surface area (Å²) in [6.45, 7) is 7.73. The van der Waals surface area contributed by atoms with E-state index in [2.05, 4.69) is 9.62 Å². The molecule has 1 atom stereocenters. The Bertz CT molecular complexity index is 618. The zero-order valence-electron chi connectivity index (χ0n) is 14.2. The fraction of sp³-hybridized carbons (Fsp3) is 0.600. The SMILES string of the molecule is CCN(CC)[C@H](C)CNS(=O)(=O)c1cc(OC)c(OC)cc1F. The summed E-state index contributed by atoms with van der Waals surface area (Å²) in [5.74, 6) is -0.586. The third-order valence-electron chi connectivity index (χ3n) is 3.73. The van der Waals surface area contributed by atoms with E-state index in [-0.39, 0.29) is 24.1 Å². The van der Waals surface area contributed by atoms with E-state index in [0.29, 0.717) is 0 Å². The lowest BCUT2D eigenvalue weighted by Crippen LogP contribution is -2.42. The minimum atomic E-state index is -3.98. The molecule has 0 aliphatic carbocycles. The van der Waals surface area contributed by atoms with Crippen LogP contribution in [0.25, 0.3) is 0 Å². The molecule has 0 aliphatic rings.